The van der Waals surface area contributed by atoms with Crippen molar-refractivity contribution < 1.29 is 25.9 Å². The lowest BCUT2D eigenvalue weighted by Gasteiger charge is -2.46. The normalized spacial score (nSPS) is 21.5. The molecule has 0 bridgehead atoms. The first-order valence-electron chi connectivity index (χ1n) is 13.8. The summed E-state index contributed by atoms with van der Waals surface area (Å²) in [6.45, 7) is 2.16. The van der Waals surface area contributed by atoms with E-state index >= 15 is 0 Å². The third-order valence-corrected chi connectivity index (χ3v) is 11.8. The summed E-state index contributed by atoms with van der Waals surface area (Å²) in [6.07, 6.45) is 5.54. The Morgan fingerprint density at radius 1 is 1.07 bits per heavy atom. The maximum atomic E-state index is 13.9. The van der Waals surface area contributed by atoms with E-state index in [0.717, 1.165) is 4.90 Å². The van der Waals surface area contributed by atoms with E-state index in [1.54, 1.807) is 54.9 Å². The van der Waals surface area contributed by atoms with Crippen molar-refractivity contribution in [3.63, 3.8) is 0 Å². The minimum Gasteiger partial charge on any atom is -0.481 e. The summed E-state index contributed by atoms with van der Waals surface area (Å²) >= 11 is 6.55. The second-order valence-electron chi connectivity index (χ2n) is 10.6. The average molecular weight is 671 g/mol. The predicted octanol–water partition coefficient (Wildman–Crippen LogP) is 4.53. The average Bonchev–Trinajstić information content (AvgIpc) is 3.71. The van der Waals surface area contributed by atoms with Gasteiger partial charge < -0.3 is 9.15 Å². The summed E-state index contributed by atoms with van der Waals surface area (Å²) in [5.74, 6) is 1.09. The number of benzene rings is 1. The first-order chi connectivity index (χ1) is 21.7. The molecule has 17 heteroatoms. The van der Waals surface area contributed by atoms with E-state index in [-0.39, 0.29) is 29.6 Å². The van der Waals surface area contributed by atoms with Crippen molar-refractivity contribution in [3.8, 4) is 34.5 Å². The number of hydrogen-bond acceptors (Lipinski definition) is 12. The summed E-state index contributed by atoms with van der Waals surface area (Å²) in [6, 6.07) is 13.4. The smallest absolute Gasteiger partial charge is 0.276 e. The van der Waals surface area contributed by atoms with Crippen LogP contribution in [0.5, 0.6) is 5.88 Å². The second-order valence-corrected chi connectivity index (χ2v) is 15.1. The molecule has 2 aliphatic rings. The van der Waals surface area contributed by atoms with Gasteiger partial charge in [-0.15, -0.1) is 20.4 Å². The molecule has 45 heavy (non-hydrogen) atoms. The Hall–Kier alpha value is -3.93. The number of hydrogen-bond donors (Lipinski definition) is 1. The summed E-state index contributed by atoms with van der Waals surface area (Å²) in [5.41, 5.74) is 1.45. The number of ether oxygens (including phenoxy) is 1. The Morgan fingerprint density at radius 2 is 1.89 bits per heavy atom. The predicted molar refractivity (Wildman–Crippen MR) is 163 cm³/mol. The van der Waals surface area contributed by atoms with Crippen LogP contribution in [-0.2, 0) is 18.4 Å². The molecule has 5 aromatic rings. The van der Waals surface area contributed by atoms with Gasteiger partial charge in [-0.05, 0) is 42.7 Å². The van der Waals surface area contributed by atoms with Crippen LogP contribution in [0.3, 0.4) is 0 Å². The topological polar surface area (TPSA) is 169 Å². The number of nitrogens with zero attached hydrogens (tertiary/aromatic N) is 7. The van der Waals surface area contributed by atoms with E-state index < -0.39 is 26.7 Å². The maximum Gasteiger partial charge on any atom is 0.276 e. The zero-order valence-corrected chi connectivity index (χ0v) is 26.6. The molecule has 7 rings (SSSR count). The van der Waals surface area contributed by atoms with Crippen LogP contribution in [0.4, 0.5) is 0 Å². The van der Waals surface area contributed by atoms with Gasteiger partial charge in [0.1, 0.15) is 5.69 Å². The number of halogens is 1. The highest BCUT2D eigenvalue weighted by atomic mass is 35.5. The molecule has 0 spiro atoms. The molecule has 3 unspecified atom stereocenters. The minimum absolute atomic E-state index is 0.144. The maximum absolute atomic E-state index is 13.9. The lowest BCUT2D eigenvalue weighted by atomic mass is 9.71. The van der Waals surface area contributed by atoms with Crippen molar-refractivity contribution in [2.24, 2.45) is 5.92 Å². The molecular formula is C28H27ClN8O6S2. The molecule has 0 radical (unpaired) electrons. The van der Waals surface area contributed by atoms with Gasteiger partial charge in [0, 0.05) is 36.0 Å². The fourth-order valence-electron chi connectivity index (χ4n) is 5.20. The Labute approximate surface area is 264 Å². The molecule has 0 amide bonds. The Morgan fingerprint density at radius 3 is 2.58 bits per heavy atom. The van der Waals surface area contributed by atoms with E-state index in [9.17, 15) is 8.42 Å². The molecule has 1 saturated carbocycles. The van der Waals surface area contributed by atoms with E-state index in [1.165, 1.54) is 11.7 Å². The molecule has 5 heterocycles. The quantitative estimate of drug-likeness (QED) is 0.233. The number of pyridine rings is 2. The number of rotatable bonds is 9. The zero-order valence-electron chi connectivity index (χ0n) is 24.2. The Bertz CT molecular complexity index is 1980. The third kappa shape index (κ3) is 5.36. The van der Waals surface area contributed by atoms with Crippen molar-refractivity contribution >= 4 is 32.2 Å². The van der Waals surface area contributed by atoms with Gasteiger partial charge in [-0.1, -0.05) is 30.7 Å². The van der Waals surface area contributed by atoms with Gasteiger partial charge in [0.15, 0.2) is 12.6 Å². The van der Waals surface area contributed by atoms with Crippen LogP contribution in [0, 0.1) is 5.92 Å². The molecule has 1 saturated heterocycles. The van der Waals surface area contributed by atoms with Gasteiger partial charge in [0.2, 0.25) is 17.7 Å². The molecule has 3 atom stereocenters. The summed E-state index contributed by atoms with van der Waals surface area (Å²) < 4.78 is 54.2. The molecule has 1 aliphatic heterocycles. The van der Waals surface area contributed by atoms with Crippen LogP contribution >= 0.6 is 22.2 Å². The zero-order chi connectivity index (χ0) is 31.3. The van der Waals surface area contributed by atoms with Crippen molar-refractivity contribution in [1.82, 2.24) is 39.7 Å². The standard InChI is InChI=1S/C28H27ClN8O6S2/c1-16-19(27-34-33-26(43-27)17-10-11-30-24(12-17)40-2)13-22(16)36-45(38,39)28-35-32-25(37(28)23-7-5-4-6-20(23)29)21-9-8-18(14-31-21)44(3)41-15-42-44/h4-12,14,16,19,22,36H,13,15H2,1-3H3. The molecule has 4 aromatic heterocycles. The van der Waals surface area contributed by atoms with Gasteiger partial charge in [-0.2, -0.15) is 10.6 Å². The molecular weight excluding hydrogens is 644 g/mol. The van der Waals surface area contributed by atoms with Gasteiger partial charge in [-0.3, -0.25) is 9.55 Å². The van der Waals surface area contributed by atoms with E-state index in [0.29, 0.717) is 46.0 Å². The molecule has 1 N–H and O–H groups in total. The van der Waals surface area contributed by atoms with Crippen molar-refractivity contribution in [2.75, 3.05) is 20.2 Å². The van der Waals surface area contributed by atoms with Crippen molar-refractivity contribution in [1.29, 1.82) is 0 Å². The fourth-order valence-corrected chi connectivity index (χ4v) is 8.02. The van der Waals surface area contributed by atoms with Crippen molar-refractivity contribution in [3.05, 3.63) is 71.8 Å². The molecule has 14 nitrogen and oxygen atoms in total. The molecule has 234 valence electrons. The number of para-hydroxylation sites is 1. The third-order valence-electron chi connectivity index (χ3n) is 7.94. The van der Waals surface area contributed by atoms with Crippen LogP contribution in [-0.4, -0.2) is 69.5 Å². The highest BCUT2D eigenvalue weighted by Crippen LogP contribution is 2.60. The van der Waals surface area contributed by atoms with Crippen LogP contribution in [0.2, 0.25) is 5.02 Å². The summed E-state index contributed by atoms with van der Waals surface area (Å²) in [4.78, 5) is 9.41. The van der Waals surface area contributed by atoms with Crippen LogP contribution in [0.1, 0.15) is 25.2 Å². The first-order valence-corrected chi connectivity index (χ1v) is 17.5. The van der Waals surface area contributed by atoms with Gasteiger partial charge in [0.05, 0.1) is 28.9 Å². The lowest BCUT2D eigenvalue weighted by Crippen LogP contribution is -2.50. The summed E-state index contributed by atoms with van der Waals surface area (Å²) in [5, 5.41) is 16.7. The first kappa shape index (κ1) is 29.8. The van der Waals surface area contributed by atoms with E-state index in [4.69, 9.17) is 29.1 Å². The summed E-state index contributed by atoms with van der Waals surface area (Å²) in [7, 11) is -4.47. The molecule has 1 aromatic carbocycles. The Kier molecular flexibility index (Phi) is 7.58. The molecule has 1 aliphatic carbocycles. The second kappa shape index (κ2) is 11.5. The monoisotopic (exact) mass is 670 g/mol. The number of methoxy groups -OCH3 is 1. The van der Waals surface area contributed by atoms with Gasteiger partial charge in [-0.25, -0.2) is 26.5 Å². The van der Waals surface area contributed by atoms with Crippen LogP contribution in [0.25, 0.3) is 28.7 Å². The van der Waals surface area contributed by atoms with E-state index in [2.05, 4.69) is 35.1 Å². The van der Waals surface area contributed by atoms with Crippen LogP contribution in [0.15, 0.2) is 75.4 Å². The number of sulfonamides is 1. The van der Waals surface area contributed by atoms with Gasteiger partial charge >= 0.3 is 0 Å². The van der Waals surface area contributed by atoms with Gasteiger partial charge in [0.25, 0.3) is 15.2 Å². The van der Waals surface area contributed by atoms with E-state index in [1.807, 2.05) is 19.2 Å². The number of aromatic nitrogens is 7. The highest BCUT2D eigenvalue weighted by Gasteiger charge is 2.45. The number of nitrogens with one attached hydrogen (secondary N) is 1. The largest absolute Gasteiger partial charge is 0.481 e. The molecule has 2 fully saturated rings. The minimum atomic E-state index is -4.18. The highest BCUT2D eigenvalue weighted by molar-refractivity contribution is 8.26. The lowest BCUT2D eigenvalue weighted by molar-refractivity contribution is 0.0489. The van der Waals surface area contributed by atoms with Crippen LogP contribution < -0.4 is 9.46 Å². The SMILES string of the molecule is COc1cc(-c2nnc(C3CC(NS(=O)(=O)c4nnc(-c5ccc(S6(C)OCO6)cn5)n4-c4ccccc4Cl)C3C)o2)ccn1. The van der Waals surface area contributed by atoms with Crippen molar-refractivity contribution in [2.45, 2.75) is 35.4 Å². The fraction of sp³-hybridized carbons (Fsp3) is 0.286. The Balaban J connectivity index is 1.14.